The van der Waals surface area contributed by atoms with Gasteiger partial charge in [-0.2, -0.15) is 0 Å². The lowest BCUT2D eigenvalue weighted by Crippen LogP contribution is -2.43. The number of rotatable bonds is 8. The molecule has 0 heterocycles. The number of amides is 1. The number of benzene rings is 3. The number of anilines is 1. The Morgan fingerprint density at radius 2 is 1.58 bits per heavy atom. The van der Waals surface area contributed by atoms with E-state index in [0.29, 0.717) is 18.4 Å². The lowest BCUT2D eigenvalue weighted by atomic mass is 10.0. The number of nitrogens with two attached hydrogens (primary N) is 1. The molecule has 0 saturated heterocycles. The maximum Gasteiger partial charge on any atom is 0.230 e. The molecule has 0 spiro atoms. The summed E-state index contributed by atoms with van der Waals surface area (Å²) in [6.45, 7) is 4.90. The van der Waals surface area contributed by atoms with E-state index in [9.17, 15) is 4.79 Å². The van der Waals surface area contributed by atoms with Crippen molar-refractivity contribution in [1.29, 1.82) is 0 Å². The predicted octanol–water partition coefficient (Wildman–Crippen LogP) is 5.86. The van der Waals surface area contributed by atoms with Gasteiger partial charge in [0.15, 0.2) is 0 Å². The summed E-state index contributed by atoms with van der Waals surface area (Å²) in [7, 11) is 0. The summed E-state index contributed by atoms with van der Waals surface area (Å²) < 4.78 is 0. The average molecular weight is 413 g/mol. The summed E-state index contributed by atoms with van der Waals surface area (Å²) in [6.07, 6.45) is 1.81. The van der Waals surface area contributed by atoms with Crippen molar-refractivity contribution >= 4 is 11.6 Å². The topological polar surface area (TPSA) is 46.3 Å². The van der Waals surface area contributed by atoms with E-state index < -0.39 is 0 Å². The van der Waals surface area contributed by atoms with Gasteiger partial charge in [0.1, 0.15) is 0 Å². The van der Waals surface area contributed by atoms with Gasteiger partial charge < -0.3 is 10.6 Å². The Labute approximate surface area is 185 Å². The van der Waals surface area contributed by atoms with Crippen LogP contribution in [0.5, 0.6) is 0 Å². The van der Waals surface area contributed by atoms with E-state index in [-0.39, 0.29) is 17.9 Å². The molecular weight excluding hydrogens is 380 g/mol. The summed E-state index contributed by atoms with van der Waals surface area (Å²) in [5.41, 5.74) is 10.9. The van der Waals surface area contributed by atoms with Crippen LogP contribution in [0.1, 0.15) is 38.2 Å². The van der Waals surface area contributed by atoms with E-state index in [1.54, 1.807) is 0 Å². The average Bonchev–Trinajstić information content (AvgIpc) is 3.59. The Balaban J connectivity index is 1.60. The smallest absolute Gasteiger partial charge is 0.230 e. The highest BCUT2D eigenvalue weighted by atomic mass is 16.2. The van der Waals surface area contributed by atoms with Gasteiger partial charge in [0, 0.05) is 24.2 Å². The number of nitrogens with zero attached hydrogens (tertiary/aromatic N) is 1. The van der Waals surface area contributed by atoms with Gasteiger partial charge >= 0.3 is 0 Å². The molecule has 0 aromatic heterocycles. The van der Waals surface area contributed by atoms with Crippen LogP contribution >= 0.6 is 0 Å². The van der Waals surface area contributed by atoms with Crippen molar-refractivity contribution in [2.45, 2.75) is 38.6 Å². The molecule has 1 amide bonds. The van der Waals surface area contributed by atoms with Crippen molar-refractivity contribution in [2.75, 3.05) is 11.4 Å². The zero-order valence-corrected chi connectivity index (χ0v) is 18.4. The number of hydrogen-bond donors (Lipinski definition) is 1. The van der Waals surface area contributed by atoms with Crippen molar-refractivity contribution in [2.24, 2.45) is 17.6 Å². The van der Waals surface area contributed by atoms with Gasteiger partial charge in [-0.3, -0.25) is 4.79 Å². The van der Waals surface area contributed by atoms with Crippen molar-refractivity contribution in [1.82, 2.24) is 0 Å². The van der Waals surface area contributed by atoms with E-state index in [1.165, 1.54) is 5.56 Å². The highest BCUT2D eigenvalue weighted by Crippen LogP contribution is 2.49. The van der Waals surface area contributed by atoms with Gasteiger partial charge in [-0.05, 0) is 53.5 Å². The van der Waals surface area contributed by atoms with E-state index in [1.807, 2.05) is 41.3 Å². The zero-order valence-electron chi connectivity index (χ0n) is 18.4. The monoisotopic (exact) mass is 412 g/mol. The third-order valence-corrected chi connectivity index (χ3v) is 6.06. The molecule has 3 aromatic carbocycles. The first-order valence-electron chi connectivity index (χ1n) is 11.3. The molecule has 3 aromatic rings. The molecule has 3 atom stereocenters. The molecule has 4 rings (SSSR count). The second-order valence-electron chi connectivity index (χ2n) is 9.11. The molecule has 0 unspecified atom stereocenters. The third kappa shape index (κ3) is 5.23. The van der Waals surface area contributed by atoms with Gasteiger partial charge in [-0.1, -0.05) is 86.6 Å². The predicted molar refractivity (Wildman–Crippen MR) is 129 cm³/mol. The zero-order chi connectivity index (χ0) is 21.8. The molecule has 0 bridgehead atoms. The Bertz CT molecular complexity index is 1000. The molecule has 0 aliphatic heterocycles. The first kappa shape index (κ1) is 21.3. The van der Waals surface area contributed by atoms with E-state index in [4.69, 9.17) is 5.73 Å². The summed E-state index contributed by atoms with van der Waals surface area (Å²) in [5, 5.41) is 0. The van der Waals surface area contributed by atoms with Crippen molar-refractivity contribution in [3.63, 3.8) is 0 Å². The first-order valence-corrected chi connectivity index (χ1v) is 11.3. The van der Waals surface area contributed by atoms with Gasteiger partial charge in [-0.25, -0.2) is 0 Å². The molecule has 1 aliphatic carbocycles. The molecular formula is C28H32N2O. The minimum Gasteiger partial charge on any atom is -0.326 e. The Hall–Kier alpha value is -2.91. The van der Waals surface area contributed by atoms with E-state index in [2.05, 4.69) is 62.4 Å². The van der Waals surface area contributed by atoms with Crippen LogP contribution in [0.3, 0.4) is 0 Å². The van der Waals surface area contributed by atoms with Crippen LogP contribution in [0.25, 0.3) is 11.1 Å². The van der Waals surface area contributed by atoms with Gasteiger partial charge in [0.05, 0.1) is 0 Å². The van der Waals surface area contributed by atoms with Crippen molar-refractivity contribution < 1.29 is 4.79 Å². The van der Waals surface area contributed by atoms with Crippen LogP contribution in [0, 0.1) is 11.8 Å². The van der Waals surface area contributed by atoms with Gasteiger partial charge in [-0.15, -0.1) is 0 Å². The minimum absolute atomic E-state index is 0.0361. The van der Waals surface area contributed by atoms with Crippen LogP contribution in [-0.4, -0.2) is 18.5 Å². The number of carbonyl (C=O) groups excluding carboxylic acids is 1. The molecule has 1 aliphatic rings. The van der Waals surface area contributed by atoms with Crippen LogP contribution < -0.4 is 10.6 Å². The lowest BCUT2D eigenvalue weighted by molar-refractivity contribution is -0.120. The summed E-state index contributed by atoms with van der Waals surface area (Å²) in [5.74, 6) is 1.04. The lowest BCUT2D eigenvalue weighted by Gasteiger charge is -2.27. The molecule has 31 heavy (non-hydrogen) atoms. The molecule has 3 nitrogen and oxygen atoms in total. The fourth-order valence-electron chi connectivity index (χ4n) is 4.46. The first-order chi connectivity index (χ1) is 15.0. The molecule has 0 radical (unpaired) electrons. The molecule has 1 fully saturated rings. The Morgan fingerprint density at radius 3 is 2.26 bits per heavy atom. The van der Waals surface area contributed by atoms with Crippen LogP contribution in [-0.2, 0) is 4.79 Å². The second-order valence-corrected chi connectivity index (χ2v) is 9.11. The number of carbonyl (C=O) groups is 1. The Morgan fingerprint density at radius 1 is 0.935 bits per heavy atom. The fraction of sp³-hybridized carbons (Fsp3) is 0.321. The van der Waals surface area contributed by atoms with Crippen LogP contribution in [0.15, 0.2) is 84.9 Å². The molecule has 1 saturated carbocycles. The fourth-order valence-corrected chi connectivity index (χ4v) is 4.46. The summed E-state index contributed by atoms with van der Waals surface area (Å²) in [4.78, 5) is 15.6. The van der Waals surface area contributed by atoms with Gasteiger partial charge in [0.25, 0.3) is 0 Å². The SMILES string of the molecule is CC(C)C[C@H](N)CN(C(=O)[C@@H]1C[C@H]1c1ccccc1)c1cccc(-c2ccccc2)c1. The normalized spacial score (nSPS) is 18.6. The molecule has 2 N–H and O–H groups in total. The van der Waals surface area contributed by atoms with Crippen molar-refractivity contribution in [3.05, 3.63) is 90.5 Å². The second kappa shape index (κ2) is 9.49. The summed E-state index contributed by atoms with van der Waals surface area (Å²) in [6, 6.07) is 28.9. The van der Waals surface area contributed by atoms with E-state index >= 15 is 0 Å². The highest BCUT2D eigenvalue weighted by molar-refractivity contribution is 5.98. The maximum absolute atomic E-state index is 13.6. The standard InChI is InChI=1S/C28H32N2O/c1-20(2)16-24(29)19-30(28(31)27-18-26(27)22-12-7-4-8-13-22)25-15-9-14-23(17-25)21-10-5-3-6-11-21/h3-15,17,20,24,26-27H,16,18-19,29H2,1-2H3/t24-,26-,27+/m0/s1. The maximum atomic E-state index is 13.6. The van der Waals surface area contributed by atoms with Crippen LogP contribution in [0.4, 0.5) is 5.69 Å². The quantitative estimate of drug-likeness (QED) is 0.503. The molecule has 3 heteroatoms. The van der Waals surface area contributed by atoms with Crippen LogP contribution in [0.2, 0.25) is 0 Å². The third-order valence-electron chi connectivity index (χ3n) is 6.06. The number of hydrogen-bond acceptors (Lipinski definition) is 2. The largest absolute Gasteiger partial charge is 0.326 e. The van der Waals surface area contributed by atoms with Crippen molar-refractivity contribution in [3.8, 4) is 11.1 Å². The van der Waals surface area contributed by atoms with Gasteiger partial charge in [0.2, 0.25) is 5.91 Å². The molecule has 160 valence electrons. The minimum atomic E-state index is -0.0433. The summed E-state index contributed by atoms with van der Waals surface area (Å²) >= 11 is 0. The highest BCUT2D eigenvalue weighted by Gasteiger charge is 2.46. The van der Waals surface area contributed by atoms with E-state index in [0.717, 1.165) is 29.7 Å². The Kier molecular flexibility index (Phi) is 6.53.